The third kappa shape index (κ3) is 17.5. The molecule has 2 atom stereocenters. The van der Waals surface area contributed by atoms with Crippen molar-refractivity contribution in [1.82, 2.24) is 10.2 Å². The monoisotopic (exact) mass is 560 g/mol. The van der Waals surface area contributed by atoms with Crippen LogP contribution in [0, 0.1) is 5.41 Å². The summed E-state index contributed by atoms with van der Waals surface area (Å²) >= 11 is 0. The van der Waals surface area contributed by atoms with Gasteiger partial charge in [0.15, 0.2) is 0 Å². The molecule has 1 rings (SSSR count). The van der Waals surface area contributed by atoms with Gasteiger partial charge in [-0.2, -0.15) is 0 Å². The standard InChI is InChI=1S/C34H64BN2O3/c1-28(40-34(5,6)7)23-21-19-17-15-13-11-9-10-12-14-16-18-20-22-24-30(38)35-29-25-26-37(27-29)32(39)31(36-8)33(2,3)4/h29,31,36H,1,9-27H2,2-8H3. The Bertz CT molecular complexity index is 726. The Morgan fingerprint density at radius 2 is 1.27 bits per heavy atom. The molecule has 231 valence electrons. The summed E-state index contributed by atoms with van der Waals surface area (Å²) in [4.78, 5) is 27.3. The van der Waals surface area contributed by atoms with Crippen LogP contribution in [-0.4, -0.2) is 55.5 Å². The first-order valence-electron chi connectivity index (χ1n) is 16.5. The summed E-state index contributed by atoms with van der Waals surface area (Å²) < 4.78 is 5.79. The number of rotatable bonds is 22. The molecule has 1 aliphatic heterocycles. The van der Waals surface area contributed by atoms with Crippen molar-refractivity contribution in [2.45, 2.75) is 168 Å². The number of unbranched alkanes of at least 4 members (excludes halogenated alkanes) is 13. The van der Waals surface area contributed by atoms with Gasteiger partial charge in [-0.05, 0) is 64.7 Å². The summed E-state index contributed by atoms with van der Waals surface area (Å²) in [5.74, 6) is 1.31. The van der Waals surface area contributed by atoms with E-state index in [-0.39, 0.29) is 34.5 Å². The first kappa shape index (κ1) is 36.7. The van der Waals surface area contributed by atoms with Gasteiger partial charge in [-0.1, -0.05) is 104 Å². The first-order valence-corrected chi connectivity index (χ1v) is 16.5. The van der Waals surface area contributed by atoms with Gasteiger partial charge in [0.05, 0.1) is 17.5 Å². The van der Waals surface area contributed by atoms with Crippen LogP contribution in [0.2, 0.25) is 5.82 Å². The first-order chi connectivity index (χ1) is 18.8. The number of nitrogens with zero attached hydrogens (tertiary/aromatic N) is 1. The van der Waals surface area contributed by atoms with Gasteiger partial charge in [0, 0.05) is 19.5 Å². The number of carbonyl (C=O) groups is 2. The zero-order chi connectivity index (χ0) is 30.0. The van der Waals surface area contributed by atoms with Crippen LogP contribution >= 0.6 is 0 Å². The Kier molecular flexibility index (Phi) is 18.1. The quantitative estimate of drug-likeness (QED) is 0.0821. The van der Waals surface area contributed by atoms with E-state index in [1.807, 2.05) is 19.2 Å². The van der Waals surface area contributed by atoms with Crippen molar-refractivity contribution in [1.29, 1.82) is 0 Å². The predicted molar refractivity (Wildman–Crippen MR) is 172 cm³/mol. The fraction of sp³-hybridized carbons (Fsp3) is 0.882. The summed E-state index contributed by atoms with van der Waals surface area (Å²) in [7, 11) is 3.76. The van der Waals surface area contributed by atoms with E-state index >= 15 is 0 Å². The number of likely N-dealkylation sites (N-methyl/N-ethyl adjacent to an activating group) is 1. The minimum Gasteiger partial charge on any atom is -0.493 e. The Morgan fingerprint density at radius 3 is 1.70 bits per heavy atom. The van der Waals surface area contributed by atoms with Crippen molar-refractivity contribution in [2.24, 2.45) is 5.41 Å². The van der Waals surface area contributed by atoms with Crippen LogP contribution in [0.1, 0.15) is 151 Å². The molecular weight excluding hydrogens is 495 g/mol. The number of allylic oxidation sites excluding steroid dienone is 1. The van der Waals surface area contributed by atoms with Crippen LogP contribution in [0.25, 0.3) is 0 Å². The molecule has 2 unspecified atom stereocenters. The van der Waals surface area contributed by atoms with Crippen LogP contribution < -0.4 is 5.32 Å². The fourth-order valence-electron chi connectivity index (χ4n) is 5.81. The van der Waals surface area contributed by atoms with E-state index in [1.165, 1.54) is 77.0 Å². The maximum Gasteiger partial charge on any atom is 0.240 e. The van der Waals surface area contributed by atoms with Crippen molar-refractivity contribution >= 4 is 18.9 Å². The number of hydrogen-bond donors (Lipinski definition) is 1. The van der Waals surface area contributed by atoms with Crippen molar-refractivity contribution < 1.29 is 14.3 Å². The molecule has 1 radical (unpaired) electrons. The van der Waals surface area contributed by atoms with Gasteiger partial charge < -0.3 is 19.7 Å². The van der Waals surface area contributed by atoms with E-state index in [0.717, 1.165) is 38.0 Å². The number of amides is 1. The number of carbonyl (C=O) groups excluding carboxylic acids is 2. The van der Waals surface area contributed by atoms with Crippen LogP contribution in [0.4, 0.5) is 0 Å². The summed E-state index contributed by atoms with van der Waals surface area (Å²) in [6.45, 7) is 18.0. The number of hydrogen-bond acceptors (Lipinski definition) is 4. The van der Waals surface area contributed by atoms with Crippen molar-refractivity contribution in [3.63, 3.8) is 0 Å². The van der Waals surface area contributed by atoms with E-state index < -0.39 is 0 Å². The molecule has 1 amide bonds. The van der Waals surface area contributed by atoms with Crippen molar-refractivity contribution in [3.8, 4) is 0 Å². The number of nitrogens with one attached hydrogen (secondary N) is 1. The van der Waals surface area contributed by atoms with E-state index in [0.29, 0.717) is 13.0 Å². The zero-order valence-electron chi connectivity index (χ0n) is 27.5. The Morgan fingerprint density at radius 1 is 0.825 bits per heavy atom. The molecule has 0 bridgehead atoms. The Labute approximate surface area is 249 Å². The third-order valence-electron chi connectivity index (χ3n) is 7.94. The molecule has 40 heavy (non-hydrogen) atoms. The molecular formula is C34H64BN2O3. The lowest BCUT2D eigenvalue weighted by Gasteiger charge is -2.32. The number of likely N-dealkylation sites (tertiary alicyclic amines) is 1. The van der Waals surface area contributed by atoms with Crippen molar-refractivity contribution in [2.75, 3.05) is 20.1 Å². The van der Waals surface area contributed by atoms with Gasteiger partial charge in [0.25, 0.3) is 0 Å². The number of ether oxygens (including phenoxy) is 1. The molecule has 5 nitrogen and oxygen atoms in total. The van der Waals surface area contributed by atoms with E-state index in [4.69, 9.17) is 4.74 Å². The summed E-state index contributed by atoms with van der Waals surface area (Å²) in [5.41, 5.74) is 0.0195. The van der Waals surface area contributed by atoms with E-state index in [1.54, 1.807) is 0 Å². The lowest BCUT2D eigenvalue weighted by Crippen LogP contribution is -2.51. The van der Waals surface area contributed by atoms with E-state index in [9.17, 15) is 9.59 Å². The van der Waals surface area contributed by atoms with Gasteiger partial charge >= 0.3 is 0 Å². The molecule has 1 fully saturated rings. The molecule has 0 saturated carbocycles. The van der Waals surface area contributed by atoms with Gasteiger partial charge in [-0.25, -0.2) is 0 Å². The highest BCUT2D eigenvalue weighted by molar-refractivity contribution is 6.75. The van der Waals surface area contributed by atoms with Gasteiger partial charge in [-0.3, -0.25) is 4.79 Å². The molecule has 0 aliphatic carbocycles. The highest BCUT2D eigenvalue weighted by atomic mass is 16.5. The zero-order valence-corrected chi connectivity index (χ0v) is 27.5. The van der Waals surface area contributed by atoms with Gasteiger partial charge in [0.1, 0.15) is 5.60 Å². The second kappa shape index (κ2) is 19.8. The fourth-order valence-corrected chi connectivity index (χ4v) is 5.81. The molecule has 1 heterocycles. The molecule has 1 N–H and O–H groups in total. The van der Waals surface area contributed by atoms with Crippen LogP contribution in [0.15, 0.2) is 12.3 Å². The van der Waals surface area contributed by atoms with Crippen LogP contribution in [-0.2, 0) is 14.3 Å². The smallest absolute Gasteiger partial charge is 0.240 e. The summed E-state index contributed by atoms with van der Waals surface area (Å²) in [5, 5.41) is 3.18. The topological polar surface area (TPSA) is 58.6 Å². The lowest BCUT2D eigenvalue weighted by molar-refractivity contribution is -0.134. The minimum atomic E-state index is -0.187. The lowest BCUT2D eigenvalue weighted by atomic mass is 9.59. The molecule has 0 aromatic carbocycles. The molecule has 1 saturated heterocycles. The largest absolute Gasteiger partial charge is 0.493 e. The molecule has 0 aromatic rings. The average molecular weight is 560 g/mol. The normalized spacial score (nSPS) is 16.7. The summed E-state index contributed by atoms with van der Waals surface area (Å²) in [6, 6.07) is -0.187. The maximum atomic E-state index is 12.9. The minimum absolute atomic E-state index is 0.122. The second-order valence-electron chi connectivity index (χ2n) is 14.3. The third-order valence-corrected chi connectivity index (χ3v) is 7.94. The molecule has 6 heteroatoms. The molecule has 0 spiro atoms. The van der Waals surface area contributed by atoms with Crippen LogP contribution in [0.5, 0.6) is 0 Å². The van der Waals surface area contributed by atoms with Crippen molar-refractivity contribution in [3.05, 3.63) is 12.3 Å². The molecule has 1 aliphatic rings. The Balaban J connectivity index is 1.92. The van der Waals surface area contributed by atoms with Gasteiger partial charge in [-0.15, -0.1) is 0 Å². The van der Waals surface area contributed by atoms with Crippen LogP contribution in [0.3, 0.4) is 0 Å². The van der Waals surface area contributed by atoms with E-state index in [2.05, 4.69) is 53.4 Å². The maximum absolute atomic E-state index is 12.9. The summed E-state index contributed by atoms with van der Waals surface area (Å²) in [6.07, 6.45) is 20.6. The Hall–Kier alpha value is -1.30. The predicted octanol–water partition coefficient (Wildman–Crippen LogP) is 8.44. The highest BCUT2D eigenvalue weighted by Gasteiger charge is 2.36. The highest BCUT2D eigenvalue weighted by Crippen LogP contribution is 2.27. The molecule has 0 aromatic heterocycles. The SMILES string of the molecule is C=C(CCCCCCCCCCCCCCCCC(=O)[B]C1CCN(C(=O)C(NC)C(C)(C)C)C1)OC(C)(C)C. The van der Waals surface area contributed by atoms with Gasteiger partial charge in [0.2, 0.25) is 13.2 Å². The second-order valence-corrected chi connectivity index (χ2v) is 14.3. The average Bonchev–Trinajstić information content (AvgIpc) is 3.30.